The summed E-state index contributed by atoms with van der Waals surface area (Å²) in [5.74, 6) is 1.25. The Morgan fingerprint density at radius 2 is 2.31 bits per heavy atom. The predicted octanol–water partition coefficient (Wildman–Crippen LogP) is 0.459. The van der Waals surface area contributed by atoms with Gasteiger partial charge in [-0.1, -0.05) is 0 Å². The number of ether oxygens (including phenoxy) is 1. The van der Waals surface area contributed by atoms with Crippen molar-refractivity contribution in [1.82, 2.24) is 15.2 Å². The van der Waals surface area contributed by atoms with Gasteiger partial charge < -0.3 is 4.74 Å². The third kappa shape index (κ3) is 1.28. The van der Waals surface area contributed by atoms with E-state index in [4.69, 9.17) is 4.74 Å². The van der Waals surface area contributed by atoms with Crippen LogP contribution in [0.5, 0.6) is 0 Å². The van der Waals surface area contributed by atoms with Gasteiger partial charge in [0, 0.05) is 6.20 Å². The number of allylic oxidation sites excluding steroid dienone is 1. The fraction of sp³-hybridized carbons (Fsp3) is 0.250. The molecule has 13 heavy (non-hydrogen) atoms. The van der Waals surface area contributed by atoms with E-state index in [1.807, 2.05) is 13.1 Å². The maximum Gasteiger partial charge on any atom is 0.219 e. The standard InChI is InChI=1S/C8H9N4O/c1-6-3-10-12(5-6)8-7(13-2)4-9-11-8/h3-5H,1-2H3. The summed E-state index contributed by atoms with van der Waals surface area (Å²) in [6, 6.07) is 0. The van der Waals surface area contributed by atoms with Gasteiger partial charge in [0.2, 0.25) is 5.84 Å². The Morgan fingerprint density at radius 1 is 1.46 bits per heavy atom. The molecule has 0 saturated heterocycles. The van der Waals surface area contributed by atoms with Crippen LogP contribution in [0.4, 0.5) is 0 Å². The van der Waals surface area contributed by atoms with Gasteiger partial charge in [-0.2, -0.15) is 10.5 Å². The molecule has 0 unspecified atom stereocenters. The lowest BCUT2D eigenvalue weighted by Gasteiger charge is -2.02. The molecule has 0 N–H and O–H groups in total. The lowest BCUT2D eigenvalue weighted by atomic mass is 10.4. The molecule has 0 bridgehead atoms. The first-order chi connectivity index (χ1) is 6.31. The first kappa shape index (κ1) is 7.85. The molecule has 0 amide bonds. The quantitative estimate of drug-likeness (QED) is 0.625. The van der Waals surface area contributed by atoms with Crippen molar-refractivity contribution in [3.63, 3.8) is 0 Å². The number of methoxy groups -OCH3 is 1. The maximum absolute atomic E-state index is 5.06. The van der Waals surface area contributed by atoms with Crippen LogP contribution in [0.2, 0.25) is 0 Å². The zero-order chi connectivity index (χ0) is 9.26. The van der Waals surface area contributed by atoms with E-state index in [2.05, 4.69) is 15.6 Å². The lowest BCUT2D eigenvalue weighted by molar-refractivity contribution is 0.313. The molecule has 0 atom stereocenters. The van der Waals surface area contributed by atoms with E-state index in [1.165, 1.54) is 0 Å². The molecule has 1 radical (unpaired) electrons. The number of rotatable bonds is 1. The molecule has 0 aromatic carbocycles. The number of hydrogen-bond donors (Lipinski definition) is 0. The fourth-order valence-corrected chi connectivity index (χ4v) is 1.07. The lowest BCUT2D eigenvalue weighted by Crippen LogP contribution is -2.14. The number of aromatic nitrogens is 2. The molecule has 1 aliphatic rings. The van der Waals surface area contributed by atoms with E-state index in [0.717, 1.165) is 5.56 Å². The van der Waals surface area contributed by atoms with Crippen LogP contribution in [0.15, 0.2) is 29.5 Å². The Balaban J connectivity index is 2.32. The van der Waals surface area contributed by atoms with E-state index in [1.54, 1.807) is 24.2 Å². The second-order valence-electron chi connectivity index (χ2n) is 2.70. The summed E-state index contributed by atoms with van der Waals surface area (Å²) in [5.41, 5.74) is 4.82. The van der Waals surface area contributed by atoms with Gasteiger partial charge in [0.1, 0.15) is 0 Å². The smallest absolute Gasteiger partial charge is 0.219 e. The molecular weight excluding hydrogens is 168 g/mol. The monoisotopic (exact) mass is 177 g/mol. The Hall–Kier alpha value is -1.78. The van der Waals surface area contributed by atoms with Crippen molar-refractivity contribution in [2.75, 3.05) is 7.11 Å². The van der Waals surface area contributed by atoms with Crippen molar-refractivity contribution in [3.8, 4) is 0 Å². The summed E-state index contributed by atoms with van der Waals surface area (Å²) in [6.07, 6.45) is 5.19. The van der Waals surface area contributed by atoms with Crippen LogP contribution in [0, 0.1) is 6.92 Å². The molecule has 5 nitrogen and oxygen atoms in total. The first-order valence-corrected chi connectivity index (χ1v) is 3.85. The average molecular weight is 177 g/mol. The fourth-order valence-electron chi connectivity index (χ4n) is 1.07. The Bertz CT molecular complexity index is 377. The maximum atomic E-state index is 5.06. The summed E-state index contributed by atoms with van der Waals surface area (Å²) >= 11 is 0. The van der Waals surface area contributed by atoms with E-state index in [0.29, 0.717) is 11.6 Å². The minimum atomic E-state index is 0.621. The highest BCUT2D eigenvalue weighted by atomic mass is 16.5. The normalized spacial score (nSPS) is 14.9. The third-order valence-corrected chi connectivity index (χ3v) is 1.70. The highest BCUT2D eigenvalue weighted by Crippen LogP contribution is 2.07. The molecule has 0 fully saturated rings. The van der Waals surface area contributed by atoms with Crippen molar-refractivity contribution in [2.45, 2.75) is 6.92 Å². The highest BCUT2D eigenvalue weighted by molar-refractivity contribution is 5.98. The van der Waals surface area contributed by atoms with Gasteiger partial charge in [0.15, 0.2) is 5.76 Å². The van der Waals surface area contributed by atoms with Gasteiger partial charge in [-0.05, 0) is 12.5 Å². The Kier molecular flexibility index (Phi) is 1.77. The van der Waals surface area contributed by atoms with E-state index in [9.17, 15) is 0 Å². The van der Waals surface area contributed by atoms with Crippen molar-refractivity contribution >= 4 is 5.84 Å². The Labute approximate surface area is 75.7 Å². The van der Waals surface area contributed by atoms with Crippen LogP contribution >= 0.6 is 0 Å². The van der Waals surface area contributed by atoms with Crippen LogP contribution < -0.4 is 5.43 Å². The van der Waals surface area contributed by atoms with Gasteiger partial charge in [-0.3, -0.25) is 0 Å². The molecular formula is C8H9N4O. The largest absolute Gasteiger partial charge is 0.491 e. The molecule has 0 spiro atoms. The summed E-state index contributed by atoms with van der Waals surface area (Å²) < 4.78 is 6.70. The van der Waals surface area contributed by atoms with Gasteiger partial charge in [0.25, 0.3) is 0 Å². The number of nitrogens with zero attached hydrogens (tertiary/aromatic N) is 4. The summed E-state index contributed by atoms with van der Waals surface area (Å²) in [5, 5.41) is 8.00. The van der Waals surface area contributed by atoms with E-state index in [-0.39, 0.29) is 0 Å². The zero-order valence-electron chi connectivity index (χ0n) is 7.43. The molecule has 1 aromatic heterocycles. The van der Waals surface area contributed by atoms with Crippen LogP contribution in [0.25, 0.3) is 0 Å². The van der Waals surface area contributed by atoms with Gasteiger partial charge in [-0.25, -0.2) is 4.68 Å². The first-order valence-electron chi connectivity index (χ1n) is 3.85. The van der Waals surface area contributed by atoms with Crippen LogP contribution in [0.1, 0.15) is 5.56 Å². The van der Waals surface area contributed by atoms with Crippen molar-refractivity contribution in [2.24, 2.45) is 5.10 Å². The van der Waals surface area contributed by atoms with Gasteiger partial charge in [0.05, 0.1) is 19.5 Å². The van der Waals surface area contributed by atoms with Crippen molar-refractivity contribution in [1.29, 1.82) is 0 Å². The predicted molar refractivity (Wildman–Crippen MR) is 47.0 cm³/mol. The van der Waals surface area contributed by atoms with Crippen molar-refractivity contribution in [3.05, 3.63) is 29.9 Å². The summed E-state index contributed by atoms with van der Waals surface area (Å²) in [4.78, 5) is 0. The average Bonchev–Trinajstić information content (AvgIpc) is 2.71. The van der Waals surface area contributed by atoms with Crippen LogP contribution in [0.3, 0.4) is 0 Å². The molecule has 67 valence electrons. The molecule has 5 heteroatoms. The van der Waals surface area contributed by atoms with Gasteiger partial charge >= 0.3 is 0 Å². The summed E-state index contributed by atoms with van der Waals surface area (Å²) in [6.45, 7) is 1.96. The number of hydrogen-bond acceptors (Lipinski definition) is 3. The molecule has 0 aliphatic carbocycles. The topological polar surface area (TPSA) is 53.5 Å². The van der Waals surface area contributed by atoms with E-state index >= 15 is 0 Å². The second kappa shape index (κ2) is 2.93. The molecule has 0 saturated carbocycles. The van der Waals surface area contributed by atoms with Gasteiger partial charge in [-0.15, -0.1) is 5.10 Å². The minimum Gasteiger partial charge on any atom is -0.491 e. The Morgan fingerprint density at radius 3 is 2.92 bits per heavy atom. The molecule has 1 aliphatic heterocycles. The third-order valence-electron chi connectivity index (χ3n) is 1.70. The minimum absolute atomic E-state index is 0.621. The molecule has 1 aromatic rings. The second-order valence-corrected chi connectivity index (χ2v) is 2.70. The van der Waals surface area contributed by atoms with E-state index < -0.39 is 0 Å². The van der Waals surface area contributed by atoms with Crippen LogP contribution in [-0.4, -0.2) is 22.7 Å². The van der Waals surface area contributed by atoms with Crippen LogP contribution in [-0.2, 0) is 4.74 Å². The highest BCUT2D eigenvalue weighted by Gasteiger charge is 2.16. The SMILES string of the molecule is COC1=C[N]N=C1n1cc(C)cn1. The van der Waals surface area contributed by atoms with Crippen molar-refractivity contribution < 1.29 is 4.74 Å². The number of aryl methyl sites for hydroxylation is 1. The molecule has 2 heterocycles. The molecule has 2 rings (SSSR count). The summed E-state index contributed by atoms with van der Waals surface area (Å²) in [7, 11) is 1.58. The zero-order valence-corrected chi connectivity index (χ0v) is 7.43.